The van der Waals surface area contributed by atoms with Gasteiger partial charge in [0, 0.05) is 18.8 Å². The minimum atomic E-state index is 0.590. The Hall–Kier alpha value is -1.09. The quantitative estimate of drug-likeness (QED) is 0.847. The molecule has 0 spiro atoms. The molecular weight excluding hydrogens is 210 g/mol. The standard InChI is InChI=1S/C14H23N3/c1-3-9-15-14-8-7-12(11-16-14)13-6-5-10-17(13)4-2/h7-8,11,13H,3-6,9-10H2,1-2H3,(H,15,16)/t13-/m1/s1. The Morgan fingerprint density at radius 3 is 2.94 bits per heavy atom. The molecular formula is C14H23N3. The molecule has 0 amide bonds. The van der Waals surface area contributed by atoms with Crippen LogP contribution in [-0.2, 0) is 0 Å². The molecule has 1 aliphatic heterocycles. The third kappa shape index (κ3) is 2.97. The van der Waals surface area contributed by atoms with Crippen molar-refractivity contribution in [2.45, 2.75) is 39.2 Å². The average Bonchev–Trinajstić information content (AvgIpc) is 2.85. The zero-order valence-corrected chi connectivity index (χ0v) is 10.9. The second kappa shape index (κ2) is 6.01. The summed E-state index contributed by atoms with van der Waals surface area (Å²) in [6.45, 7) is 7.77. The molecule has 3 heteroatoms. The van der Waals surface area contributed by atoms with Crippen molar-refractivity contribution in [1.82, 2.24) is 9.88 Å². The van der Waals surface area contributed by atoms with Crippen molar-refractivity contribution in [3.05, 3.63) is 23.9 Å². The summed E-state index contributed by atoms with van der Waals surface area (Å²) < 4.78 is 0. The minimum Gasteiger partial charge on any atom is -0.370 e. The molecule has 1 aliphatic rings. The molecule has 1 fully saturated rings. The third-order valence-electron chi connectivity index (χ3n) is 3.50. The minimum absolute atomic E-state index is 0.590. The van der Waals surface area contributed by atoms with E-state index in [4.69, 9.17) is 0 Å². The molecule has 1 N–H and O–H groups in total. The predicted molar refractivity (Wildman–Crippen MR) is 72.2 cm³/mol. The molecule has 1 atom stereocenters. The van der Waals surface area contributed by atoms with Gasteiger partial charge in [0.2, 0.25) is 0 Å². The van der Waals surface area contributed by atoms with Crippen LogP contribution in [0.15, 0.2) is 18.3 Å². The Morgan fingerprint density at radius 1 is 1.41 bits per heavy atom. The molecule has 17 heavy (non-hydrogen) atoms. The van der Waals surface area contributed by atoms with Gasteiger partial charge in [-0.15, -0.1) is 0 Å². The van der Waals surface area contributed by atoms with Crippen LogP contribution in [0.2, 0.25) is 0 Å². The number of likely N-dealkylation sites (tertiary alicyclic amines) is 1. The maximum atomic E-state index is 4.49. The number of pyridine rings is 1. The summed E-state index contributed by atoms with van der Waals surface area (Å²) in [4.78, 5) is 7.03. The summed E-state index contributed by atoms with van der Waals surface area (Å²) in [6.07, 6.45) is 5.76. The van der Waals surface area contributed by atoms with Gasteiger partial charge in [0.25, 0.3) is 0 Å². The Morgan fingerprint density at radius 2 is 2.29 bits per heavy atom. The summed E-state index contributed by atoms with van der Waals surface area (Å²) in [7, 11) is 0. The number of rotatable bonds is 5. The maximum absolute atomic E-state index is 4.49. The van der Waals surface area contributed by atoms with Crippen molar-refractivity contribution in [3.8, 4) is 0 Å². The molecule has 1 saturated heterocycles. The lowest BCUT2D eigenvalue weighted by Gasteiger charge is -2.22. The van der Waals surface area contributed by atoms with Crippen molar-refractivity contribution < 1.29 is 0 Å². The van der Waals surface area contributed by atoms with E-state index in [1.54, 1.807) is 0 Å². The van der Waals surface area contributed by atoms with Gasteiger partial charge in [-0.05, 0) is 44.0 Å². The van der Waals surface area contributed by atoms with E-state index in [1.807, 2.05) is 6.20 Å². The Kier molecular flexibility index (Phi) is 4.37. The van der Waals surface area contributed by atoms with Crippen LogP contribution in [0.3, 0.4) is 0 Å². The second-order valence-corrected chi connectivity index (χ2v) is 4.69. The van der Waals surface area contributed by atoms with Gasteiger partial charge in [-0.2, -0.15) is 0 Å². The number of nitrogens with zero attached hydrogens (tertiary/aromatic N) is 2. The van der Waals surface area contributed by atoms with E-state index in [2.05, 4.69) is 41.2 Å². The Balaban J connectivity index is 2.01. The molecule has 1 aromatic rings. The van der Waals surface area contributed by atoms with Gasteiger partial charge < -0.3 is 5.32 Å². The molecule has 2 heterocycles. The van der Waals surface area contributed by atoms with E-state index in [0.29, 0.717) is 6.04 Å². The van der Waals surface area contributed by atoms with Crippen LogP contribution in [0.1, 0.15) is 44.7 Å². The number of anilines is 1. The lowest BCUT2D eigenvalue weighted by Crippen LogP contribution is -2.22. The van der Waals surface area contributed by atoms with E-state index in [9.17, 15) is 0 Å². The summed E-state index contributed by atoms with van der Waals surface area (Å²) >= 11 is 0. The largest absolute Gasteiger partial charge is 0.370 e. The molecule has 0 radical (unpaired) electrons. The van der Waals surface area contributed by atoms with E-state index in [0.717, 1.165) is 25.3 Å². The van der Waals surface area contributed by atoms with Crippen LogP contribution >= 0.6 is 0 Å². The summed E-state index contributed by atoms with van der Waals surface area (Å²) in [5.41, 5.74) is 1.37. The lowest BCUT2D eigenvalue weighted by molar-refractivity contribution is 0.271. The number of hydrogen-bond acceptors (Lipinski definition) is 3. The van der Waals surface area contributed by atoms with E-state index in [1.165, 1.54) is 24.9 Å². The van der Waals surface area contributed by atoms with E-state index >= 15 is 0 Å². The van der Waals surface area contributed by atoms with Crippen LogP contribution < -0.4 is 5.32 Å². The van der Waals surface area contributed by atoms with Gasteiger partial charge in [0.05, 0.1) is 0 Å². The van der Waals surface area contributed by atoms with Crippen LogP contribution in [-0.4, -0.2) is 29.5 Å². The fourth-order valence-electron chi connectivity index (χ4n) is 2.54. The monoisotopic (exact) mass is 233 g/mol. The van der Waals surface area contributed by atoms with Crippen molar-refractivity contribution in [2.24, 2.45) is 0 Å². The second-order valence-electron chi connectivity index (χ2n) is 4.69. The molecule has 0 aliphatic carbocycles. The van der Waals surface area contributed by atoms with Crippen LogP contribution in [0, 0.1) is 0 Å². The topological polar surface area (TPSA) is 28.2 Å². The van der Waals surface area contributed by atoms with Gasteiger partial charge in [-0.3, -0.25) is 4.90 Å². The Labute approximate surface area is 104 Å². The summed E-state index contributed by atoms with van der Waals surface area (Å²) in [6, 6.07) is 4.92. The highest BCUT2D eigenvalue weighted by Gasteiger charge is 2.24. The van der Waals surface area contributed by atoms with Crippen LogP contribution in [0.25, 0.3) is 0 Å². The number of nitrogens with one attached hydrogen (secondary N) is 1. The third-order valence-corrected chi connectivity index (χ3v) is 3.50. The molecule has 0 aromatic carbocycles. The Bertz CT molecular complexity index is 334. The van der Waals surface area contributed by atoms with Crippen molar-refractivity contribution in [2.75, 3.05) is 25.0 Å². The average molecular weight is 233 g/mol. The van der Waals surface area contributed by atoms with Gasteiger partial charge in [0.1, 0.15) is 5.82 Å². The first kappa shape index (κ1) is 12.4. The van der Waals surface area contributed by atoms with Crippen molar-refractivity contribution >= 4 is 5.82 Å². The molecule has 0 unspecified atom stereocenters. The fourth-order valence-corrected chi connectivity index (χ4v) is 2.54. The highest BCUT2D eigenvalue weighted by Crippen LogP contribution is 2.31. The maximum Gasteiger partial charge on any atom is 0.125 e. The van der Waals surface area contributed by atoms with Crippen LogP contribution in [0.4, 0.5) is 5.82 Å². The molecule has 0 bridgehead atoms. The predicted octanol–water partition coefficient (Wildman–Crippen LogP) is 3.06. The van der Waals surface area contributed by atoms with Crippen molar-refractivity contribution in [3.63, 3.8) is 0 Å². The zero-order chi connectivity index (χ0) is 12.1. The molecule has 0 saturated carbocycles. The highest BCUT2D eigenvalue weighted by molar-refractivity contribution is 5.36. The molecule has 2 rings (SSSR count). The first-order chi connectivity index (χ1) is 8.35. The zero-order valence-electron chi connectivity index (χ0n) is 10.9. The van der Waals surface area contributed by atoms with Crippen LogP contribution in [0.5, 0.6) is 0 Å². The lowest BCUT2D eigenvalue weighted by atomic mass is 10.1. The van der Waals surface area contributed by atoms with Crippen molar-refractivity contribution in [1.29, 1.82) is 0 Å². The van der Waals surface area contributed by atoms with Gasteiger partial charge in [0.15, 0.2) is 0 Å². The number of hydrogen-bond donors (Lipinski definition) is 1. The molecule has 94 valence electrons. The van der Waals surface area contributed by atoms with Gasteiger partial charge in [-0.25, -0.2) is 4.98 Å². The van der Waals surface area contributed by atoms with E-state index < -0.39 is 0 Å². The number of aromatic nitrogens is 1. The summed E-state index contributed by atoms with van der Waals surface area (Å²) in [5.74, 6) is 0.997. The first-order valence-electron chi connectivity index (χ1n) is 6.79. The summed E-state index contributed by atoms with van der Waals surface area (Å²) in [5, 5.41) is 3.31. The van der Waals surface area contributed by atoms with Gasteiger partial charge >= 0.3 is 0 Å². The van der Waals surface area contributed by atoms with E-state index in [-0.39, 0.29) is 0 Å². The fraction of sp³-hybridized carbons (Fsp3) is 0.643. The molecule has 1 aromatic heterocycles. The molecule has 3 nitrogen and oxygen atoms in total. The normalized spacial score (nSPS) is 20.7. The van der Waals surface area contributed by atoms with Gasteiger partial charge in [-0.1, -0.05) is 19.9 Å². The SMILES string of the molecule is CCCNc1ccc([C@H]2CCCN2CC)cn1. The smallest absolute Gasteiger partial charge is 0.125 e. The first-order valence-corrected chi connectivity index (χ1v) is 6.79. The highest BCUT2D eigenvalue weighted by atomic mass is 15.2.